The summed E-state index contributed by atoms with van der Waals surface area (Å²) in [4.78, 5) is 110. The summed E-state index contributed by atoms with van der Waals surface area (Å²) in [5.41, 5.74) is 29.9. The second-order valence-electron chi connectivity index (χ2n) is 36.4. The molecule has 22 aromatic heterocycles. The highest BCUT2D eigenvalue weighted by Gasteiger charge is 2.24. The van der Waals surface area contributed by atoms with Crippen LogP contribution in [0, 0.1) is 0 Å². The maximum absolute atomic E-state index is 4.71. The predicted molar refractivity (Wildman–Crippen MR) is 572 cm³/mol. The van der Waals surface area contributed by atoms with Crippen molar-refractivity contribution in [2.45, 2.75) is 214 Å². The third kappa shape index (κ3) is 17.7. The Labute approximate surface area is 834 Å². The average Bonchev–Trinajstić information content (AvgIpc) is 1.64. The van der Waals surface area contributed by atoms with E-state index in [1.807, 2.05) is 109 Å². The molecule has 40 nitrogen and oxygen atoms in total. The van der Waals surface area contributed by atoms with Crippen molar-refractivity contribution >= 4 is 179 Å². The SMILES string of the molecule is CCc1nc2cc3c(cc2n1C)nc(CC)n3C.CCc1nc2cc3nc(CC)n(C)c3cc2n1C.CCc1nc2cc3nc(CC)n(C)c3nc2n1C.CCc1nc2nc3c(cc2n1C)nc(CC)n3C.CCc1nc2nc3c(cc2n1C)nc(CC)n3C.CCc1nc2nc3c(nc(CC)n3C)nc2n1C.CCc1nc2nc3nc(CC)n(C)c3cc2n1C.CCc1nc2nc3nc(CC)n(C)c3nc2n1C. The van der Waals surface area contributed by atoms with Crippen molar-refractivity contribution in [3.05, 3.63) is 142 Å². The molecule has 0 aliphatic heterocycles. The van der Waals surface area contributed by atoms with Crippen molar-refractivity contribution in [3.63, 3.8) is 0 Å². The van der Waals surface area contributed by atoms with Gasteiger partial charge >= 0.3 is 0 Å². The smallest absolute Gasteiger partial charge is 0.199 e. The number of pyridine rings is 4. The Hall–Kier alpha value is -15.3. The van der Waals surface area contributed by atoms with Crippen LogP contribution >= 0.6 is 0 Å². The molecule has 0 aliphatic carbocycles. The lowest BCUT2D eigenvalue weighted by Gasteiger charge is -2.00. The summed E-state index contributed by atoms with van der Waals surface area (Å²) >= 11 is 0. The number of fused-ring (bicyclic) bond motifs is 16. The van der Waals surface area contributed by atoms with Crippen LogP contribution in [-0.2, 0) is 215 Å². The molecule has 752 valence electrons. The molecule has 40 heteroatoms. The number of imidazole rings is 16. The van der Waals surface area contributed by atoms with Crippen LogP contribution in [0.3, 0.4) is 0 Å². The molecule has 0 unspecified atom stereocenters. The van der Waals surface area contributed by atoms with Gasteiger partial charge in [-0.1, -0.05) is 111 Å². The minimum Gasteiger partial charge on any atom is -0.331 e. The number of hydrogen-bond donors (Lipinski definition) is 0. The topological polar surface area (TPSA) is 388 Å². The van der Waals surface area contributed by atoms with E-state index in [2.05, 4.69) is 351 Å². The quantitative estimate of drug-likeness (QED) is 0.0867. The summed E-state index contributed by atoms with van der Waals surface area (Å²) < 4.78 is 33.3. The van der Waals surface area contributed by atoms with E-state index < -0.39 is 0 Å². The fraction of sp³-hybridized carbons (Fsp3) is 0.462. The first-order valence-electron chi connectivity index (χ1n) is 50.6. The number of rotatable bonds is 16. The monoisotopic (exact) mass is 1950 g/mol. The van der Waals surface area contributed by atoms with Crippen molar-refractivity contribution in [2.24, 2.45) is 113 Å². The maximum Gasteiger partial charge on any atom is 0.199 e. The molecule has 0 aliphatic rings. The van der Waals surface area contributed by atoms with E-state index in [9.17, 15) is 0 Å². The zero-order valence-corrected chi connectivity index (χ0v) is 89.8. The molecular weight excluding hydrogens is 1810 g/mol. The Balaban J connectivity index is 0.000000113. The zero-order valence-electron chi connectivity index (χ0n) is 89.8. The molecule has 22 heterocycles. The second kappa shape index (κ2) is 40.6. The number of benzene rings is 2. The largest absolute Gasteiger partial charge is 0.331 e. The first-order chi connectivity index (χ1) is 69.2. The minimum absolute atomic E-state index is 0.683. The Morgan fingerprint density at radius 3 is 0.535 bits per heavy atom. The maximum atomic E-state index is 4.71. The molecule has 144 heavy (non-hydrogen) atoms. The van der Waals surface area contributed by atoms with Gasteiger partial charge in [0.15, 0.2) is 90.4 Å². The highest BCUT2D eigenvalue weighted by molar-refractivity contribution is 5.95. The van der Waals surface area contributed by atoms with Crippen LogP contribution in [0.4, 0.5) is 0 Å². The van der Waals surface area contributed by atoms with Crippen molar-refractivity contribution in [1.29, 1.82) is 0 Å². The van der Waals surface area contributed by atoms with E-state index in [-0.39, 0.29) is 0 Å². The number of hydrogen-bond acceptors (Lipinski definition) is 24. The van der Waals surface area contributed by atoms with Gasteiger partial charge in [0.2, 0.25) is 0 Å². The molecule has 0 N–H and O–H groups in total. The lowest BCUT2D eigenvalue weighted by molar-refractivity contribution is 0.809. The summed E-state index contributed by atoms with van der Waals surface area (Å²) in [6.45, 7) is 33.7. The molecule has 24 aromatic rings. The number of nitrogens with zero attached hydrogens (tertiary/aromatic N) is 40. The Kier molecular flexibility index (Phi) is 28.3. The highest BCUT2D eigenvalue weighted by Crippen LogP contribution is 2.31. The first kappa shape index (κ1) is 100. The molecule has 0 fully saturated rings. The van der Waals surface area contributed by atoms with Gasteiger partial charge in [-0.05, 0) is 48.5 Å². The molecule has 24 rings (SSSR count). The van der Waals surface area contributed by atoms with Gasteiger partial charge in [0, 0.05) is 215 Å². The van der Waals surface area contributed by atoms with Crippen LogP contribution in [0.15, 0.2) is 48.5 Å². The van der Waals surface area contributed by atoms with Crippen LogP contribution < -0.4 is 0 Å². The second-order valence-corrected chi connectivity index (χ2v) is 36.4. The van der Waals surface area contributed by atoms with Crippen LogP contribution in [-0.4, -0.2) is 193 Å². The molecule has 0 amide bonds. The fourth-order valence-corrected chi connectivity index (χ4v) is 19.5. The molecular formula is C104H136N40. The fourth-order valence-electron chi connectivity index (χ4n) is 19.5. The van der Waals surface area contributed by atoms with Crippen LogP contribution in [0.2, 0.25) is 0 Å². The molecule has 0 saturated heterocycles. The van der Waals surface area contributed by atoms with Gasteiger partial charge in [0.05, 0.1) is 66.2 Å². The summed E-state index contributed by atoms with van der Waals surface area (Å²) in [5.74, 6) is 16.9. The van der Waals surface area contributed by atoms with Gasteiger partial charge in [0.1, 0.15) is 115 Å². The Morgan fingerprint density at radius 2 is 0.257 bits per heavy atom. The van der Waals surface area contributed by atoms with Gasteiger partial charge in [0.25, 0.3) is 0 Å². The van der Waals surface area contributed by atoms with E-state index >= 15 is 0 Å². The average molecular weight is 1950 g/mol. The molecule has 0 radical (unpaired) electrons. The van der Waals surface area contributed by atoms with E-state index in [1.54, 1.807) is 0 Å². The summed E-state index contributed by atoms with van der Waals surface area (Å²) in [5, 5.41) is 0. The van der Waals surface area contributed by atoms with Crippen molar-refractivity contribution < 1.29 is 0 Å². The van der Waals surface area contributed by atoms with Crippen molar-refractivity contribution in [2.75, 3.05) is 0 Å². The third-order valence-corrected chi connectivity index (χ3v) is 28.1. The molecule has 0 atom stereocenters. The van der Waals surface area contributed by atoms with Gasteiger partial charge in [-0.25, -0.2) is 120 Å². The number of aromatic nitrogens is 40. The van der Waals surface area contributed by atoms with E-state index in [0.29, 0.717) is 22.6 Å². The highest BCUT2D eigenvalue weighted by atomic mass is 15.3. The summed E-state index contributed by atoms with van der Waals surface area (Å²) in [6.07, 6.45) is 14.6. The molecule has 0 bridgehead atoms. The standard InChI is InChI=1S/2C14H18N4.4C13H17N5.2C12H16N6/c1-5-13-15-9-7-12-10(8-11(9)17(13)3)16-14(6-2)18(12)4;1-5-13-15-9-7-10-12(8-11(9)17(13)3)18(4)14(6-2)16-10;2*1-5-10-14-8-7-9-12(16-13(8)18(10)4)15-11(6-2)17(9)3;1-5-10-14-12-8(17(10)3)7-9-13(16-12)15-11(6-2)18(9)4;1-5-10-14-8-7-9-13(16-12(8)17(10)3)18(4)11(6-2)15-9;1-5-7-13-9-11(17(7)3)16-10-12(15-9)18(4)8(6-2)14-10;1-5-7-13-9-11(17(7)3)16-12-10(15-9)14-8(6-2)18(12)4/h2*7-8H,5-6H2,1-4H3;4*7H,5-6H2,1-4H3;2*5-6H2,1-4H3. The van der Waals surface area contributed by atoms with Crippen molar-refractivity contribution in [3.8, 4) is 0 Å². The van der Waals surface area contributed by atoms with Crippen LogP contribution in [0.25, 0.3) is 179 Å². The number of aryl methyl sites for hydroxylation is 32. The Bertz CT molecular complexity index is 7420. The van der Waals surface area contributed by atoms with Crippen molar-refractivity contribution in [1.82, 2.24) is 193 Å². The molecule has 0 spiro atoms. The molecule has 2 aromatic carbocycles. The van der Waals surface area contributed by atoms with Gasteiger partial charge in [-0.2, -0.15) is 0 Å². The van der Waals surface area contributed by atoms with Gasteiger partial charge < -0.3 is 73.1 Å². The van der Waals surface area contributed by atoms with Gasteiger partial charge in [-0.15, -0.1) is 0 Å². The van der Waals surface area contributed by atoms with E-state index in [4.69, 9.17) is 4.98 Å². The molecule has 0 saturated carbocycles. The van der Waals surface area contributed by atoms with Gasteiger partial charge in [-0.3, -0.25) is 0 Å². The van der Waals surface area contributed by atoms with Crippen LogP contribution in [0.5, 0.6) is 0 Å². The van der Waals surface area contributed by atoms with E-state index in [0.717, 1.165) is 330 Å². The first-order valence-corrected chi connectivity index (χ1v) is 50.6. The minimum atomic E-state index is 0.683. The summed E-state index contributed by atoms with van der Waals surface area (Å²) in [7, 11) is 32.4. The lowest BCUT2D eigenvalue weighted by atomic mass is 10.2. The van der Waals surface area contributed by atoms with E-state index in [1.165, 1.54) is 22.1 Å². The van der Waals surface area contributed by atoms with Crippen LogP contribution in [0.1, 0.15) is 204 Å². The Morgan fingerprint density at radius 1 is 0.118 bits per heavy atom. The lowest BCUT2D eigenvalue weighted by Crippen LogP contribution is -1.99. The predicted octanol–water partition coefficient (Wildman–Crippen LogP) is 15.8. The normalized spacial score (nSPS) is 11.8. The third-order valence-electron chi connectivity index (χ3n) is 28.1. The summed E-state index contributed by atoms with van der Waals surface area (Å²) in [6, 6.07) is 16.9. The zero-order chi connectivity index (χ0) is 103.